The van der Waals surface area contributed by atoms with Gasteiger partial charge in [0.05, 0.1) is 12.5 Å². The number of aromatic nitrogens is 1. The van der Waals surface area contributed by atoms with E-state index in [9.17, 15) is 9.59 Å². The summed E-state index contributed by atoms with van der Waals surface area (Å²) in [7, 11) is 0. The predicted octanol–water partition coefficient (Wildman–Crippen LogP) is 2.53. The van der Waals surface area contributed by atoms with Crippen molar-refractivity contribution >= 4 is 16.8 Å². The second-order valence-corrected chi connectivity index (χ2v) is 7.27. The fourth-order valence-electron chi connectivity index (χ4n) is 4.38. The number of carbonyl (C=O) groups is 1. The summed E-state index contributed by atoms with van der Waals surface area (Å²) >= 11 is 0. The topological polar surface area (TPSA) is 71.2 Å². The molecule has 0 aliphatic heterocycles. The first-order valence-electron chi connectivity index (χ1n) is 9.14. The number of H-pyrrole nitrogens is 1. The van der Waals surface area contributed by atoms with Crippen LogP contribution in [0, 0.1) is 5.41 Å². The fourth-order valence-corrected chi connectivity index (χ4v) is 4.38. The highest BCUT2D eigenvalue weighted by molar-refractivity contribution is 5.82. The average Bonchev–Trinajstić information content (AvgIpc) is 2.53. The second-order valence-electron chi connectivity index (χ2n) is 7.27. The van der Waals surface area contributed by atoms with Crippen molar-refractivity contribution in [1.29, 1.82) is 0 Å². The SMILES string of the molecule is CCOC1CC(NC(=O)Cc2cc3ccccc3[nH]c2=O)C12CCC2. The van der Waals surface area contributed by atoms with E-state index in [1.807, 2.05) is 37.3 Å². The van der Waals surface area contributed by atoms with E-state index in [1.54, 1.807) is 0 Å². The van der Waals surface area contributed by atoms with Gasteiger partial charge in [-0.1, -0.05) is 24.6 Å². The van der Waals surface area contributed by atoms with E-state index in [1.165, 1.54) is 6.42 Å². The van der Waals surface area contributed by atoms with Gasteiger partial charge in [0.2, 0.25) is 5.91 Å². The Morgan fingerprint density at radius 2 is 2.16 bits per heavy atom. The minimum Gasteiger partial charge on any atom is -0.378 e. The normalized spacial score (nSPS) is 23.9. The van der Waals surface area contributed by atoms with Crippen LogP contribution in [0.5, 0.6) is 0 Å². The summed E-state index contributed by atoms with van der Waals surface area (Å²) in [4.78, 5) is 27.6. The molecule has 2 aliphatic carbocycles. The van der Waals surface area contributed by atoms with Gasteiger partial charge in [-0.2, -0.15) is 0 Å². The molecule has 1 aromatic heterocycles. The molecular formula is C20H24N2O3. The van der Waals surface area contributed by atoms with Gasteiger partial charge in [-0.15, -0.1) is 0 Å². The molecular weight excluding hydrogens is 316 g/mol. The molecule has 2 N–H and O–H groups in total. The number of pyridine rings is 1. The first-order valence-corrected chi connectivity index (χ1v) is 9.14. The Morgan fingerprint density at radius 3 is 2.88 bits per heavy atom. The number of fused-ring (bicyclic) bond motifs is 1. The zero-order valence-corrected chi connectivity index (χ0v) is 14.5. The summed E-state index contributed by atoms with van der Waals surface area (Å²) in [5.41, 5.74) is 1.26. The van der Waals surface area contributed by atoms with Gasteiger partial charge >= 0.3 is 0 Å². The highest BCUT2D eigenvalue weighted by atomic mass is 16.5. The van der Waals surface area contributed by atoms with Gasteiger partial charge < -0.3 is 15.0 Å². The van der Waals surface area contributed by atoms with E-state index >= 15 is 0 Å². The highest BCUT2D eigenvalue weighted by Crippen LogP contribution is 2.57. The molecule has 0 saturated heterocycles. The fraction of sp³-hybridized carbons (Fsp3) is 0.500. The number of carbonyl (C=O) groups excluding carboxylic acids is 1. The Morgan fingerprint density at radius 1 is 1.36 bits per heavy atom. The van der Waals surface area contributed by atoms with Gasteiger partial charge in [-0.05, 0) is 43.7 Å². The quantitative estimate of drug-likeness (QED) is 0.879. The third-order valence-electron chi connectivity index (χ3n) is 5.95. The number of rotatable bonds is 5. The molecule has 25 heavy (non-hydrogen) atoms. The first kappa shape index (κ1) is 16.3. The molecule has 5 nitrogen and oxygen atoms in total. The number of nitrogens with one attached hydrogen (secondary N) is 2. The number of hydrogen-bond acceptors (Lipinski definition) is 3. The van der Waals surface area contributed by atoms with Crippen LogP contribution in [-0.4, -0.2) is 29.6 Å². The number of hydrogen-bond donors (Lipinski definition) is 2. The number of aromatic amines is 1. The van der Waals surface area contributed by atoms with Crippen molar-refractivity contribution in [2.24, 2.45) is 5.41 Å². The molecule has 5 heteroatoms. The van der Waals surface area contributed by atoms with Crippen molar-refractivity contribution in [1.82, 2.24) is 10.3 Å². The van der Waals surface area contributed by atoms with Crippen molar-refractivity contribution in [3.8, 4) is 0 Å². The van der Waals surface area contributed by atoms with Crippen LogP contribution in [0.15, 0.2) is 35.1 Å². The molecule has 2 aliphatic rings. The third kappa shape index (κ3) is 2.76. The molecule has 2 saturated carbocycles. The van der Waals surface area contributed by atoms with Crippen LogP contribution in [0.1, 0.15) is 38.2 Å². The molecule has 2 fully saturated rings. The zero-order valence-electron chi connectivity index (χ0n) is 14.5. The van der Waals surface area contributed by atoms with E-state index < -0.39 is 0 Å². The Bertz CT molecular complexity index is 853. The maximum atomic E-state index is 12.5. The van der Waals surface area contributed by atoms with Crippen LogP contribution in [0.4, 0.5) is 0 Å². The van der Waals surface area contributed by atoms with Crippen molar-refractivity contribution in [2.75, 3.05) is 6.61 Å². The van der Waals surface area contributed by atoms with Gasteiger partial charge in [-0.25, -0.2) is 0 Å². The van der Waals surface area contributed by atoms with Crippen LogP contribution < -0.4 is 10.9 Å². The lowest BCUT2D eigenvalue weighted by Gasteiger charge is -2.61. The molecule has 1 amide bonds. The predicted molar refractivity (Wildman–Crippen MR) is 96.5 cm³/mol. The van der Waals surface area contributed by atoms with Crippen molar-refractivity contribution in [3.05, 3.63) is 46.2 Å². The van der Waals surface area contributed by atoms with E-state index in [-0.39, 0.29) is 35.4 Å². The molecule has 2 atom stereocenters. The lowest BCUT2D eigenvalue weighted by molar-refractivity contribution is -0.175. The Labute approximate surface area is 146 Å². The molecule has 4 rings (SSSR count). The first-order chi connectivity index (χ1) is 12.1. The largest absolute Gasteiger partial charge is 0.378 e. The summed E-state index contributed by atoms with van der Waals surface area (Å²) in [5.74, 6) is -0.0768. The van der Waals surface area contributed by atoms with Crippen LogP contribution in [-0.2, 0) is 16.0 Å². The van der Waals surface area contributed by atoms with Crippen LogP contribution >= 0.6 is 0 Å². The van der Waals surface area contributed by atoms with Gasteiger partial charge in [0.15, 0.2) is 0 Å². The van der Waals surface area contributed by atoms with Crippen LogP contribution in [0.2, 0.25) is 0 Å². The van der Waals surface area contributed by atoms with Gasteiger partial charge in [0.1, 0.15) is 0 Å². The minimum atomic E-state index is -0.187. The maximum absolute atomic E-state index is 12.5. The third-order valence-corrected chi connectivity index (χ3v) is 5.95. The Kier molecular flexibility index (Phi) is 4.12. The number of ether oxygens (including phenoxy) is 1. The highest BCUT2D eigenvalue weighted by Gasteiger charge is 2.59. The molecule has 1 spiro atoms. The monoisotopic (exact) mass is 340 g/mol. The van der Waals surface area contributed by atoms with Crippen molar-refractivity contribution in [3.63, 3.8) is 0 Å². The second kappa shape index (κ2) is 6.30. The van der Waals surface area contributed by atoms with E-state index in [0.29, 0.717) is 5.56 Å². The van der Waals surface area contributed by atoms with Gasteiger partial charge in [0.25, 0.3) is 5.56 Å². The average molecular weight is 340 g/mol. The van der Waals surface area contributed by atoms with Crippen molar-refractivity contribution < 1.29 is 9.53 Å². The Hall–Kier alpha value is -2.14. The molecule has 1 heterocycles. The molecule has 132 valence electrons. The summed E-state index contributed by atoms with van der Waals surface area (Å²) in [6, 6.07) is 9.61. The summed E-state index contributed by atoms with van der Waals surface area (Å²) in [6.07, 6.45) is 4.74. The minimum absolute atomic E-state index is 0.0768. The summed E-state index contributed by atoms with van der Waals surface area (Å²) < 4.78 is 5.83. The smallest absolute Gasteiger partial charge is 0.252 e. The summed E-state index contributed by atoms with van der Waals surface area (Å²) in [5, 5.41) is 4.09. The summed E-state index contributed by atoms with van der Waals surface area (Å²) in [6.45, 7) is 2.74. The number of para-hydroxylation sites is 1. The number of benzene rings is 1. The van der Waals surface area contributed by atoms with E-state index in [2.05, 4.69) is 10.3 Å². The number of amides is 1. The van der Waals surface area contributed by atoms with E-state index in [0.717, 1.165) is 36.8 Å². The molecule has 2 aromatic rings. The molecule has 2 unspecified atom stereocenters. The van der Waals surface area contributed by atoms with E-state index in [4.69, 9.17) is 4.74 Å². The maximum Gasteiger partial charge on any atom is 0.252 e. The lowest BCUT2D eigenvalue weighted by Crippen LogP contribution is -2.67. The molecule has 0 bridgehead atoms. The van der Waals surface area contributed by atoms with Crippen LogP contribution in [0.25, 0.3) is 10.9 Å². The lowest BCUT2D eigenvalue weighted by atomic mass is 9.51. The van der Waals surface area contributed by atoms with Gasteiger partial charge in [-0.3, -0.25) is 9.59 Å². The van der Waals surface area contributed by atoms with Crippen LogP contribution in [0.3, 0.4) is 0 Å². The van der Waals surface area contributed by atoms with Gasteiger partial charge in [0, 0.05) is 29.1 Å². The molecule has 0 radical (unpaired) electrons. The van der Waals surface area contributed by atoms with Crippen molar-refractivity contribution in [2.45, 2.75) is 51.2 Å². The zero-order chi connectivity index (χ0) is 17.4. The standard InChI is InChI=1S/C20H24N2O3/c1-2-25-17-12-16(20(17)8-5-9-20)22-18(23)11-14-10-13-6-3-4-7-15(13)21-19(14)24/h3-4,6-7,10,16-17H,2,5,8-9,11-12H2,1H3,(H,21,24)(H,22,23). The molecule has 1 aromatic carbocycles. The Balaban J connectivity index is 1.45.